The number of hydrogen-bond donors (Lipinski definition) is 0. The molecule has 1 aliphatic heterocycles. The highest BCUT2D eigenvalue weighted by Crippen LogP contribution is 2.19. The van der Waals surface area contributed by atoms with Gasteiger partial charge >= 0.3 is 0 Å². The average molecular weight is 464 g/mol. The van der Waals surface area contributed by atoms with E-state index in [1.54, 1.807) is 30.2 Å². The minimum absolute atomic E-state index is 0.0434. The zero-order chi connectivity index (χ0) is 24.1. The summed E-state index contributed by atoms with van der Waals surface area (Å²) in [5.74, 6) is 2.14. The number of rotatable bonds is 7. The van der Waals surface area contributed by atoms with Crippen molar-refractivity contribution in [2.45, 2.75) is 26.9 Å². The van der Waals surface area contributed by atoms with Crippen molar-refractivity contribution in [3.8, 4) is 11.5 Å². The summed E-state index contributed by atoms with van der Waals surface area (Å²) >= 11 is 0. The fourth-order valence-electron chi connectivity index (χ4n) is 3.95. The predicted molar refractivity (Wildman–Crippen MR) is 126 cm³/mol. The summed E-state index contributed by atoms with van der Waals surface area (Å²) in [5.41, 5.74) is 3.29. The number of ether oxygens (including phenoxy) is 2. The van der Waals surface area contributed by atoms with Crippen LogP contribution in [-0.4, -0.2) is 60.1 Å². The van der Waals surface area contributed by atoms with Gasteiger partial charge < -0.3 is 23.8 Å². The number of methoxy groups -OCH3 is 1. The third kappa shape index (κ3) is 5.39. The summed E-state index contributed by atoms with van der Waals surface area (Å²) in [6.45, 7) is 6.20. The second kappa shape index (κ2) is 10.4. The van der Waals surface area contributed by atoms with Gasteiger partial charge in [-0.2, -0.15) is 0 Å². The van der Waals surface area contributed by atoms with Crippen LogP contribution in [-0.2, 0) is 17.8 Å². The van der Waals surface area contributed by atoms with Crippen LogP contribution in [0.2, 0.25) is 0 Å². The topological polar surface area (TPSA) is 85.1 Å². The van der Waals surface area contributed by atoms with E-state index in [9.17, 15) is 9.59 Å². The first-order valence-electron chi connectivity index (χ1n) is 11.3. The molecule has 1 aromatic heterocycles. The van der Waals surface area contributed by atoms with E-state index >= 15 is 0 Å². The number of amides is 2. The van der Waals surface area contributed by atoms with E-state index in [1.165, 1.54) is 0 Å². The lowest BCUT2D eigenvalue weighted by Crippen LogP contribution is -2.51. The van der Waals surface area contributed by atoms with Crippen molar-refractivity contribution in [1.82, 2.24) is 15.0 Å². The SMILES string of the molecule is COc1cccc(C(=O)N2CCN(C(=O)Cc3ccc(OCc4c(C)noc4C)cc3)CC2)c1. The molecule has 8 nitrogen and oxygen atoms in total. The highest BCUT2D eigenvalue weighted by molar-refractivity contribution is 5.94. The Hall–Kier alpha value is -3.81. The number of aryl methyl sites for hydroxylation is 2. The van der Waals surface area contributed by atoms with E-state index in [0.29, 0.717) is 50.5 Å². The van der Waals surface area contributed by atoms with Crippen molar-refractivity contribution in [3.05, 3.63) is 76.7 Å². The monoisotopic (exact) mass is 463 g/mol. The van der Waals surface area contributed by atoms with Crippen LogP contribution in [0.3, 0.4) is 0 Å². The number of carbonyl (C=O) groups is 2. The maximum absolute atomic E-state index is 12.8. The van der Waals surface area contributed by atoms with Crippen molar-refractivity contribution in [2.24, 2.45) is 0 Å². The zero-order valence-corrected chi connectivity index (χ0v) is 19.7. The van der Waals surface area contributed by atoms with Gasteiger partial charge in [0.25, 0.3) is 5.91 Å². The van der Waals surface area contributed by atoms with E-state index in [-0.39, 0.29) is 11.8 Å². The summed E-state index contributed by atoms with van der Waals surface area (Å²) < 4.78 is 16.2. The van der Waals surface area contributed by atoms with E-state index in [0.717, 1.165) is 28.3 Å². The van der Waals surface area contributed by atoms with Crippen LogP contribution in [0.1, 0.15) is 32.9 Å². The smallest absolute Gasteiger partial charge is 0.254 e. The first-order chi connectivity index (χ1) is 16.4. The van der Waals surface area contributed by atoms with Crippen molar-refractivity contribution >= 4 is 11.8 Å². The minimum Gasteiger partial charge on any atom is -0.497 e. The summed E-state index contributed by atoms with van der Waals surface area (Å²) in [6.07, 6.45) is 0.313. The maximum Gasteiger partial charge on any atom is 0.254 e. The molecular weight excluding hydrogens is 434 g/mol. The van der Waals surface area contributed by atoms with Gasteiger partial charge in [-0.05, 0) is 49.7 Å². The Bertz CT molecular complexity index is 1130. The maximum atomic E-state index is 12.8. The summed E-state index contributed by atoms with van der Waals surface area (Å²) in [5, 5.41) is 3.93. The second-order valence-electron chi connectivity index (χ2n) is 8.32. The largest absolute Gasteiger partial charge is 0.497 e. The van der Waals surface area contributed by atoms with Gasteiger partial charge in [-0.3, -0.25) is 9.59 Å². The highest BCUT2D eigenvalue weighted by atomic mass is 16.5. The van der Waals surface area contributed by atoms with Crippen LogP contribution < -0.4 is 9.47 Å². The molecule has 1 fully saturated rings. The van der Waals surface area contributed by atoms with Gasteiger partial charge in [0.05, 0.1) is 24.8 Å². The molecule has 2 amide bonds. The van der Waals surface area contributed by atoms with Gasteiger partial charge in [0.2, 0.25) is 5.91 Å². The van der Waals surface area contributed by atoms with Gasteiger partial charge in [-0.1, -0.05) is 23.4 Å². The van der Waals surface area contributed by atoms with Crippen LogP contribution in [0.5, 0.6) is 11.5 Å². The quantitative estimate of drug-likeness (QED) is 0.534. The molecule has 1 aliphatic rings. The number of aromatic nitrogens is 1. The predicted octanol–water partition coefficient (Wildman–Crippen LogP) is 3.41. The van der Waals surface area contributed by atoms with E-state index in [4.69, 9.17) is 14.0 Å². The molecule has 4 rings (SSSR count). The number of carbonyl (C=O) groups excluding carboxylic acids is 2. The van der Waals surface area contributed by atoms with Crippen LogP contribution in [0, 0.1) is 13.8 Å². The van der Waals surface area contributed by atoms with Crippen molar-refractivity contribution in [1.29, 1.82) is 0 Å². The average Bonchev–Trinajstić information content (AvgIpc) is 3.20. The lowest BCUT2D eigenvalue weighted by atomic mass is 10.1. The zero-order valence-electron chi connectivity index (χ0n) is 19.7. The molecule has 2 heterocycles. The number of nitrogens with zero attached hydrogens (tertiary/aromatic N) is 3. The van der Waals surface area contributed by atoms with Gasteiger partial charge in [0.15, 0.2) is 0 Å². The van der Waals surface area contributed by atoms with Crippen molar-refractivity contribution in [2.75, 3.05) is 33.3 Å². The molecule has 2 aromatic carbocycles. The van der Waals surface area contributed by atoms with Crippen LogP contribution >= 0.6 is 0 Å². The molecule has 0 radical (unpaired) electrons. The van der Waals surface area contributed by atoms with Gasteiger partial charge in [0, 0.05) is 31.7 Å². The molecule has 0 N–H and O–H groups in total. The Kier molecular flexibility index (Phi) is 7.15. The molecule has 8 heteroatoms. The third-order valence-electron chi connectivity index (χ3n) is 6.08. The summed E-state index contributed by atoms with van der Waals surface area (Å²) in [6, 6.07) is 14.7. The lowest BCUT2D eigenvalue weighted by molar-refractivity contribution is -0.131. The molecule has 178 valence electrons. The van der Waals surface area contributed by atoms with Crippen molar-refractivity contribution in [3.63, 3.8) is 0 Å². The Morgan fingerprint density at radius 1 is 0.971 bits per heavy atom. The molecule has 0 unspecified atom stereocenters. The van der Waals surface area contributed by atoms with Gasteiger partial charge in [-0.15, -0.1) is 0 Å². The number of hydrogen-bond acceptors (Lipinski definition) is 6. The van der Waals surface area contributed by atoms with E-state index < -0.39 is 0 Å². The summed E-state index contributed by atoms with van der Waals surface area (Å²) in [4.78, 5) is 29.2. The van der Waals surface area contributed by atoms with Gasteiger partial charge in [-0.25, -0.2) is 0 Å². The Balaban J connectivity index is 1.26. The minimum atomic E-state index is -0.0434. The summed E-state index contributed by atoms with van der Waals surface area (Å²) in [7, 11) is 1.58. The van der Waals surface area contributed by atoms with E-state index in [2.05, 4.69) is 5.16 Å². The molecule has 0 bridgehead atoms. The van der Waals surface area contributed by atoms with Crippen LogP contribution in [0.15, 0.2) is 53.1 Å². The Morgan fingerprint density at radius 2 is 1.68 bits per heavy atom. The number of benzene rings is 2. The lowest BCUT2D eigenvalue weighted by Gasteiger charge is -2.35. The van der Waals surface area contributed by atoms with Crippen LogP contribution in [0.25, 0.3) is 0 Å². The third-order valence-corrected chi connectivity index (χ3v) is 6.08. The molecule has 0 saturated carbocycles. The fourth-order valence-corrected chi connectivity index (χ4v) is 3.95. The molecule has 1 saturated heterocycles. The standard InChI is InChI=1S/C26H29N3O5/c1-18-24(19(2)34-27-18)17-33-22-9-7-20(8-10-22)15-25(30)28-11-13-29(14-12-28)26(31)21-5-4-6-23(16-21)32-3/h4-10,16H,11-15,17H2,1-3H3. The Labute approximate surface area is 199 Å². The normalized spacial score (nSPS) is 13.6. The molecule has 3 aromatic rings. The molecule has 0 atom stereocenters. The number of piperazine rings is 1. The second-order valence-corrected chi connectivity index (χ2v) is 8.32. The first-order valence-corrected chi connectivity index (χ1v) is 11.3. The van der Waals surface area contributed by atoms with Gasteiger partial charge in [0.1, 0.15) is 23.9 Å². The molecule has 0 aliphatic carbocycles. The molecular formula is C26H29N3O5. The van der Waals surface area contributed by atoms with Crippen LogP contribution in [0.4, 0.5) is 0 Å². The highest BCUT2D eigenvalue weighted by Gasteiger charge is 2.25. The Morgan fingerprint density at radius 3 is 2.32 bits per heavy atom. The first kappa shape index (κ1) is 23.4. The van der Waals surface area contributed by atoms with Crippen molar-refractivity contribution < 1.29 is 23.6 Å². The molecule has 34 heavy (non-hydrogen) atoms. The fraction of sp³-hybridized carbons (Fsp3) is 0.346. The van der Waals surface area contributed by atoms with E-state index in [1.807, 2.05) is 49.1 Å². The molecule has 0 spiro atoms.